The standard InChI is InChI=1S/C16H20FN3O/c17-13-5-4-12(10-18)14(16(13)21)15(11-2-1-3-11)20-8-6-19-7-9-20/h4-5,11,15,19,21H,1-3,6-9H2/t15-/m1/s1. The number of nitriles is 1. The molecule has 4 nitrogen and oxygen atoms in total. The van der Waals surface area contributed by atoms with E-state index in [1.807, 2.05) is 0 Å². The summed E-state index contributed by atoms with van der Waals surface area (Å²) in [6, 6.07) is 4.73. The predicted molar refractivity (Wildman–Crippen MR) is 77.3 cm³/mol. The van der Waals surface area contributed by atoms with Crippen molar-refractivity contribution in [2.24, 2.45) is 5.92 Å². The molecule has 2 fully saturated rings. The number of nitrogens with one attached hydrogen (secondary N) is 1. The van der Waals surface area contributed by atoms with Crippen LogP contribution in [0.5, 0.6) is 5.75 Å². The molecule has 0 aromatic heterocycles. The monoisotopic (exact) mass is 289 g/mol. The number of benzene rings is 1. The van der Waals surface area contributed by atoms with E-state index in [2.05, 4.69) is 16.3 Å². The first-order valence-electron chi connectivity index (χ1n) is 7.58. The summed E-state index contributed by atoms with van der Waals surface area (Å²) in [5, 5.41) is 22.9. The van der Waals surface area contributed by atoms with Crippen molar-refractivity contribution < 1.29 is 9.50 Å². The normalized spacial score (nSPS) is 21.5. The van der Waals surface area contributed by atoms with Gasteiger partial charge in [-0.05, 0) is 30.9 Å². The molecule has 3 rings (SSSR count). The van der Waals surface area contributed by atoms with Crippen LogP contribution in [0.1, 0.15) is 36.4 Å². The molecular formula is C16H20FN3O. The number of rotatable bonds is 3. The zero-order valence-electron chi connectivity index (χ0n) is 12.0. The maximum absolute atomic E-state index is 13.8. The van der Waals surface area contributed by atoms with Crippen molar-refractivity contribution in [2.45, 2.75) is 25.3 Å². The molecule has 1 aliphatic carbocycles. The SMILES string of the molecule is N#Cc1ccc(F)c(O)c1[C@@H](C1CCC1)N1CCNCC1. The number of aromatic hydroxyl groups is 1. The molecule has 0 radical (unpaired) electrons. The van der Waals surface area contributed by atoms with Crippen LogP contribution in [-0.2, 0) is 0 Å². The van der Waals surface area contributed by atoms with E-state index in [1.54, 1.807) is 0 Å². The molecule has 2 N–H and O–H groups in total. The van der Waals surface area contributed by atoms with Crippen molar-refractivity contribution in [3.05, 3.63) is 29.1 Å². The third-order valence-electron chi connectivity index (χ3n) is 4.73. The van der Waals surface area contributed by atoms with Crippen LogP contribution >= 0.6 is 0 Å². The largest absolute Gasteiger partial charge is 0.505 e. The zero-order chi connectivity index (χ0) is 14.8. The van der Waals surface area contributed by atoms with Gasteiger partial charge in [0, 0.05) is 37.8 Å². The highest BCUT2D eigenvalue weighted by molar-refractivity contribution is 5.49. The number of hydrogen-bond donors (Lipinski definition) is 2. The van der Waals surface area contributed by atoms with Crippen molar-refractivity contribution >= 4 is 0 Å². The molecule has 1 saturated carbocycles. The summed E-state index contributed by atoms with van der Waals surface area (Å²) in [4.78, 5) is 2.29. The van der Waals surface area contributed by atoms with Gasteiger partial charge in [0.1, 0.15) is 0 Å². The van der Waals surface area contributed by atoms with E-state index >= 15 is 0 Å². The van der Waals surface area contributed by atoms with Crippen LogP contribution in [0.15, 0.2) is 12.1 Å². The third kappa shape index (κ3) is 2.61. The minimum Gasteiger partial charge on any atom is -0.505 e. The molecule has 0 spiro atoms. The van der Waals surface area contributed by atoms with Gasteiger partial charge in [0.25, 0.3) is 0 Å². The van der Waals surface area contributed by atoms with Crippen molar-refractivity contribution in [3.63, 3.8) is 0 Å². The summed E-state index contributed by atoms with van der Waals surface area (Å²) in [7, 11) is 0. The number of hydrogen-bond acceptors (Lipinski definition) is 4. The zero-order valence-corrected chi connectivity index (χ0v) is 12.0. The molecule has 1 heterocycles. The maximum Gasteiger partial charge on any atom is 0.165 e. The van der Waals surface area contributed by atoms with Crippen LogP contribution in [0, 0.1) is 23.1 Å². The summed E-state index contributed by atoms with van der Waals surface area (Å²) >= 11 is 0. The fourth-order valence-electron chi connectivity index (χ4n) is 3.41. The highest BCUT2D eigenvalue weighted by atomic mass is 19.1. The molecule has 112 valence electrons. The average molecular weight is 289 g/mol. The molecule has 0 amide bonds. The highest BCUT2D eigenvalue weighted by Crippen LogP contribution is 2.45. The summed E-state index contributed by atoms with van der Waals surface area (Å²) < 4.78 is 13.8. The molecule has 1 aromatic carbocycles. The molecule has 0 unspecified atom stereocenters. The first-order chi connectivity index (χ1) is 10.2. The summed E-state index contributed by atoms with van der Waals surface area (Å²) in [6.45, 7) is 3.51. The van der Waals surface area contributed by atoms with E-state index in [0.29, 0.717) is 17.0 Å². The van der Waals surface area contributed by atoms with Gasteiger partial charge in [0.15, 0.2) is 11.6 Å². The van der Waals surface area contributed by atoms with E-state index in [-0.39, 0.29) is 11.8 Å². The Kier molecular flexibility index (Phi) is 4.09. The number of halogens is 1. The maximum atomic E-state index is 13.8. The van der Waals surface area contributed by atoms with Gasteiger partial charge in [-0.15, -0.1) is 0 Å². The summed E-state index contributed by atoms with van der Waals surface area (Å²) in [5.41, 5.74) is 0.883. The van der Waals surface area contributed by atoms with Crippen molar-refractivity contribution in [1.82, 2.24) is 10.2 Å². The second kappa shape index (κ2) is 6.00. The van der Waals surface area contributed by atoms with Crippen LogP contribution in [0.2, 0.25) is 0 Å². The Morgan fingerprint density at radius 3 is 2.62 bits per heavy atom. The van der Waals surface area contributed by atoms with E-state index in [1.165, 1.54) is 18.6 Å². The Labute approximate surface area is 124 Å². The molecule has 2 aliphatic rings. The topological polar surface area (TPSA) is 59.3 Å². The Morgan fingerprint density at radius 2 is 2.05 bits per heavy atom. The third-order valence-corrected chi connectivity index (χ3v) is 4.73. The van der Waals surface area contributed by atoms with Gasteiger partial charge >= 0.3 is 0 Å². The number of phenols is 1. The number of piperazine rings is 1. The molecule has 21 heavy (non-hydrogen) atoms. The van der Waals surface area contributed by atoms with Crippen LogP contribution < -0.4 is 5.32 Å². The summed E-state index contributed by atoms with van der Waals surface area (Å²) in [6.07, 6.45) is 3.33. The van der Waals surface area contributed by atoms with E-state index < -0.39 is 5.82 Å². The van der Waals surface area contributed by atoms with Gasteiger partial charge in [0.2, 0.25) is 0 Å². The van der Waals surface area contributed by atoms with Gasteiger partial charge in [-0.25, -0.2) is 4.39 Å². The van der Waals surface area contributed by atoms with Gasteiger partial charge < -0.3 is 10.4 Å². The first kappa shape index (κ1) is 14.3. The van der Waals surface area contributed by atoms with Crippen molar-refractivity contribution in [2.75, 3.05) is 26.2 Å². The van der Waals surface area contributed by atoms with Crippen molar-refractivity contribution in [1.29, 1.82) is 5.26 Å². The van der Waals surface area contributed by atoms with Crippen LogP contribution in [-0.4, -0.2) is 36.2 Å². The lowest BCUT2D eigenvalue weighted by molar-refractivity contribution is 0.0813. The molecule has 1 aliphatic heterocycles. The Bertz CT molecular complexity index is 559. The van der Waals surface area contributed by atoms with Gasteiger partial charge in [0.05, 0.1) is 11.6 Å². The van der Waals surface area contributed by atoms with Crippen LogP contribution in [0.3, 0.4) is 0 Å². The highest BCUT2D eigenvalue weighted by Gasteiger charge is 2.37. The fraction of sp³-hybridized carbons (Fsp3) is 0.562. The molecule has 5 heteroatoms. The molecule has 1 aromatic rings. The second-order valence-electron chi connectivity index (χ2n) is 5.89. The van der Waals surface area contributed by atoms with Crippen molar-refractivity contribution in [3.8, 4) is 11.8 Å². The lowest BCUT2D eigenvalue weighted by Crippen LogP contribution is -2.48. The summed E-state index contributed by atoms with van der Waals surface area (Å²) in [5.74, 6) is -0.573. The van der Waals surface area contributed by atoms with E-state index in [9.17, 15) is 14.8 Å². The second-order valence-corrected chi connectivity index (χ2v) is 5.89. The lowest BCUT2D eigenvalue weighted by Gasteiger charge is -2.43. The Morgan fingerprint density at radius 1 is 1.33 bits per heavy atom. The fourth-order valence-corrected chi connectivity index (χ4v) is 3.41. The molecule has 1 atom stereocenters. The van der Waals surface area contributed by atoms with Gasteiger partial charge in [-0.3, -0.25) is 4.90 Å². The number of phenolic OH excluding ortho intramolecular Hbond substituents is 1. The van der Waals surface area contributed by atoms with Gasteiger partial charge in [-0.1, -0.05) is 6.42 Å². The average Bonchev–Trinajstić information content (AvgIpc) is 2.47. The Hall–Kier alpha value is -1.64. The number of nitrogens with zero attached hydrogens (tertiary/aromatic N) is 2. The van der Waals surface area contributed by atoms with E-state index in [4.69, 9.17) is 0 Å². The lowest BCUT2D eigenvalue weighted by atomic mass is 9.75. The smallest absolute Gasteiger partial charge is 0.165 e. The minimum atomic E-state index is -0.636. The predicted octanol–water partition coefficient (Wildman–Crippen LogP) is 2.15. The molecule has 0 bridgehead atoms. The van der Waals surface area contributed by atoms with Gasteiger partial charge in [-0.2, -0.15) is 5.26 Å². The molecular weight excluding hydrogens is 269 g/mol. The van der Waals surface area contributed by atoms with Crippen LogP contribution in [0.25, 0.3) is 0 Å². The van der Waals surface area contributed by atoms with E-state index in [0.717, 1.165) is 39.0 Å². The Balaban J connectivity index is 2.03. The minimum absolute atomic E-state index is 0.0498. The quantitative estimate of drug-likeness (QED) is 0.895. The van der Waals surface area contributed by atoms with Crippen LogP contribution in [0.4, 0.5) is 4.39 Å². The first-order valence-corrected chi connectivity index (χ1v) is 7.58. The molecule has 1 saturated heterocycles.